The summed E-state index contributed by atoms with van der Waals surface area (Å²) in [6, 6.07) is 22.8. The Labute approximate surface area is 214 Å². The smallest absolute Gasteiger partial charge is 0.234 e. The standard InChI is InChI=1S/C27H28N4O4S/c1-18-14-15-22(33-3)21(16-18)28-25(32)17-36-27-30-29-26(31(27)20-10-6-5-7-11-20)19(2)35-24-13-9-8-12-23(24)34-4/h5-16,19H,17H2,1-4H3,(H,28,32). The number of amides is 1. The normalized spacial score (nSPS) is 11.6. The van der Waals surface area contributed by atoms with Crippen LogP contribution in [0.2, 0.25) is 0 Å². The van der Waals surface area contributed by atoms with Gasteiger partial charge in [0.15, 0.2) is 28.6 Å². The van der Waals surface area contributed by atoms with E-state index in [2.05, 4.69) is 15.5 Å². The summed E-state index contributed by atoms with van der Waals surface area (Å²) < 4.78 is 18.9. The van der Waals surface area contributed by atoms with Crippen LogP contribution in [0.1, 0.15) is 24.4 Å². The number of nitrogens with one attached hydrogen (secondary N) is 1. The molecular formula is C27H28N4O4S. The van der Waals surface area contributed by atoms with Gasteiger partial charge in [0, 0.05) is 5.69 Å². The van der Waals surface area contributed by atoms with E-state index in [1.54, 1.807) is 14.2 Å². The molecule has 1 aromatic heterocycles. The molecule has 9 heteroatoms. The molecular weight excluding hydrogens is 476 g/mol. The number of rotatable bonds is 10. The number of carbonyl (C=O) groups is 1. The molecule has 1 unspecified atom stereocenters. The van der Waals surface area contributed by atoms with Gasteiger partial charge in [-0.05, 0) is 55.8 Å². The number of hydrogen-bond donors (Lipinski definition) is 1. The average molecular weight is 505 g/mol. The average Bonchev–Trinajstić information content (AvgIpc) is 3.33. The SMILES string of the molecule is COc1ccc(C)cc1NC(=O)CSc1nnc(C(C)Oc2ccccc2OC)n1-c1ccccc1. The summed E-state index contributed by atoms with van der Waals surface area (Å²) >= 11 is 1.30. The number of anilines is 1. The quantitative estimate of drug-likeness (QED) is 0.287. The summed E-state index contributed by atoms with van der Waals surface area (Å²) in [6.07, 6.45) is -0.436. The van der Waals surface area contributed by atoms with E-state index in [0.717, 1.165) is 11.3 Å². The number of ether oxygens (including phenoxy) is 3. The highest BCUT2D eigenvalue weighted by Gasteiger charge is 2.22. The van der Waals surface area contributed by atoms with E-state index in [4.69, 9.17) is 14.2 Å². The molecule has 0 saturated carbocycles. The Morgan fingerprint density at radius 2 is 1.64 bits per heavy atom. The zero-order valence-corrected chi connectivity index (χ0v) is 21.4. The maximum absolute atomic E-state index is 12.8. The first-order valence-electron chi connectivity index (χ1n) is 11.4. The Balaban J connectivity index is 1.56. The van der Waals surface area contributed by atoms with E-state index in [-0.39, 0.29) is 11.7 Å². The van der Waals surface area contributed by atoms with Gasteiger partial charge in [0.2, 0.25) is 5.91 Å². The van der Waals surface area contributed by atoms with Crippen LogP contribution in [0.5, 0.6) is 17.2 Å². The largest absolute Gasteiger partial charge is 0.495 e. The summed E-state index contributed by atoms with van der Waals surface area (Å²) in [5.74, 6) is 2.42. The second-order valence-corrected chi connectivity index (χ2v) is 8.91. The molecule has 8 nitrogen and oxygen atoms in total. The molecule has 1 amide bonds. The minimum absolute atomic E-state index is 0.143. The van der Waals surface area contributed by atoms with Gasteiger partial charge in [-0.25, -0.2) is 0 Å². The molecule has 0 fully saturated rings. The van der Waals surface area contributed by atoms with Crippen LogP contribution in [0, 0.1) is 6.92 Å². The Morgan fingerprint density at radius 1 is 0.944 bits per heavy atom. The van der Waals surface area contributed by atoms with Crippen molar-refractivity contribution in [2.45, 2.75) is 25.1 Å². The van der Waals surface area contributed by atoms with Crippen molar-refractivity contribution in [3.63, 3.8) is 0 Å². The Bertz CT molecular complexity index is 1330. The molecule has 0 radical (unpaired) electrons. The zero-order valence-electron chi connectivity index (χ0n) is 20.6. The molecule has 0 aliphatic carbocycles. The van der Waals surface area contributed by atoms with Crippen LogP contribution >= 0.6 is 11.8 Å². The summed E-state index contributed by atoms with van der Waals surface area (Å²) in [4.78, 5) is 12.8. The fourth-order valence-electron chi connectivity index (χ4n) is 3.65. The summed E-state index contributed by atoms with van der Waals surface area (Å²) in [7, 11) is 3.18. The van der Waals surface area contributed by atoms with Crippen molar-refractivity contribution in [2.75, 3.05) is 25.3 Å². The summed E-state index contributed by atoms with van der Waals surface area (Å²) in [5, 5.41) is 12.3. The van der Waals surface area contributed by atoms with Crippen LogP contribution in [0.3, 0.4) is 0 Å². The van der Waals surface area contributed by atoms with E-state index >= 15 is 0 Å². The molecule has 0 aliphatic heterocycles. The molecule has 4 rings (SSSR count). The van der Waals surface area contributed by atoms with E-state index in [1.165, 1.54) is 11.8 Å². The minimum Gasteiger partial charge on any atom is -0.495 e. The van der Waals surface area contributed by atoms with Crippen LogP contribution in [0.15, 0.2) is 78.0 Å². The van der Waals surface area contributed by atoms with E-state index < -0.39 is 6.10 Å². The number of hydrogen-bond acceptors (Lipinski definition) is 7. The third-order valence-electron chi connectivity index (χ3n) is 5.37. The van der Waals surface area contributed by atoms with Crippen LogP contribution in [0.4, 0.5) is 5.69 Å². The zero-order chi connectivity index (χ0) is 25.5. The first kappa shape index (κ1) is 25.1. The Kier molecular flexibility index (Phi) is 8.12. The molecule has 4 aromatic rings. The molecule has 1 atom stereocenters. The maximum atomic E-state index is 12.8. The van der Waals surface area contributed by atoms with Crippen LogP contribution in [-0.2, 0) is 4.79 Å². The molecule has 0 saturated heterocycles. The first-order chi connectivity index (χ1) is 17.5. The van der Waals surface area contributed by atoms with Crippen molar-refractivity contribution < 1.29 is 19.0 Å². The van der Waals surface area contributed by atoms with Crippen molar-refractivity contribution >= 4 is 23.4 Å². The van der Waals surface area contributed by atoms with Crippen LogP contribution in [0.25, 0.3) is 5.69 Å². The molecule has 3 aromatic carbocycles. The van der Waals surface area contributed by atoms with Crippen molar-refractivity contribution in [1.82, 2.24) is 14.8 Å². The molecule has 36 heavy (non-hydrogen) atoms. The predicted molar refractivity (Wildman–Crippen MR) is 140 cm³/mol. The van der Waals surface area contributed by atoms with Crippen LogP contribution in [-0.4, -0.2) is 40.6 Å². The van der Waals surface area contributed by atoms with E-state index in [9.17, 15) is 4.79 Å². The number of carbonyl (C=O) groups excluding carboxylic acids is 1. The van der Waals surface area contributed by atoms with Gasteiger partial charge in [-0.3, -0.25) is 9.36 Å². The Morgan fingerprint density at radius 3 is 2.36 bits per heavy atom. The van der Waals surface area contributed by atoms with Gasteiger partial charge in [-0.1, -0.05) is 48.2 Å². The van der Waals surface area contributed by atoms with Gasteiger partial charge < -0.3 is 19.5 Å². The lowest BCUT2D eigenvalue weighted by Gasteiger charge is -2.18. The lowest BCUT2D eigenvalue weighted by Crippen LogP contribution is -2.16. The number of para-hydroxylation sites is 3. The number of aromatic nitrogens is 3. The molecule has 1 heterocycles. The van der Waals surface area contributed by atoms with Gasteiger partial charge in [0.25, 0.3) is 0 Å². The number of thioether (sulfide) groups is 1. The third kappa shape index (κ3) is 5.80. The minimum atomic E-state index is -0.436. The lowest BCUT2D eigenvalue weighted by atomic mass is 10.2. The van der Waals surface area contributed by atoms with Gasteiger partial charge in [0.05, 0.1) is 25.7 Å². The highest BCUT2D eigenvalue weighted by atomic mass is 32.2. The molecule has 186 valence electrons. The fraction of sp³-hybridized carbons (Fsp3) is 0.222. The Hall–Kier alpha value is -3.98. The number of methoxy groups -OCH3 is 2. The lowest BCUT2D eigenvalue weighted by molar-refractivity contribution is -0.113. The van der Waals surface area contributed by atoms with Gasteiger partial charge in [-0.2, -0.15) is 0 Å². The van der Waals surface area contributed by atoms with Crippen molar-refractivity contribution in [1.29, 1.82) is 0 Å². The number of aryl methyl sites for hydroxylation is 1. The molecule has 0 spiro atoms. The topological polar surface area (TPSA) is 87.5 Å². The van der Waals surface area contributed by atoms with Crippen LogP contribution < -0.4 is 19.5 Å². The van der Waals surface area contributed by atoms with E-state index in [1.807, 2.05) is 91.2 Å². The summed E-state index contributed by atoms with van der Waals surface area (Å²) in [6.45, 7) is 3.86. The van der Waals surface area contributed by atoms with E-state index in [0.29, 0.717) is 33.9 Å². The molecule has 0 bridgehead atoms. The third-order valence-corrected chi connectivity index (χ3v) is 6.30. The van der Waals surface area contributed by atoms with Gasteiger partial charge >= 0.3 is 0 Å². The fourth-order valence-corrected chi connectivity index (χ4v) is 4.41. The van der Waals surface area contributed by atoms with Gasteiger partial charge in [0.1, 0.15) is 5.75 Å². The maximum Gasteiger partial charge on any atom is 0.234 e. The van der Waals surface area contributed by atoms with Crippen molar-refractivity contribution in [2.24, 2.45) is 0 Å². The molecule has 0 aliphatic rings. The number of benzene rings is 3. The first-order valence-corrected chi connectivity index (χ1v) is 12.4. The predicted octanol–water partition coefficient (Wildman–Crippen LogP) is 5.46. The second-order valence-electron chi connectivity index (χ2n) is 7.96. The van der Waals surface area contributed by atoms with Gasteiger partial charge in [-0.15, -0.1) is 10.2 Å². The highest BCUT2D eigenvalue weighted by molar-refractivity contribution is 7.99. The second kappa shape index (κ2) is 11.6. The molecule has 1 N–H and O–H groups in total. The highest BCUT2D eigenvalue weighted by Crippen LogP contribution is 2.32. The number of nitrogens with zero attached hydrogens (tertiary/aromatic N) is 3. The monoisotopic (exact) mass is 504 g/mol. The van der Waals surface area contributed by atoms with Crippen molar-refractivity contribution in [3.8, 4) is 22.9 Å². The summed E-state index contributed by atoms with van der Waals surface area (Å²) in [5.41, 5.74) is 2.53. The van der Waals surface area contributed by atoms with Crippen molar-refractivity contribution in [3.05, 3.63) is 84.2 Å².